The number of aliphatic hydroxyl groups excluding tert-OH is 1. The summed E-state index contributed by atoms with van der Waals surface area (Å²) in [5.41, 5.74) is 0. The lowest BCUT2D eigenvalue weighted by molar-refractivity contribution is -0.210. The highest BCUT2D eigenvalue weighted by molar-refractivity contribution is 5.77. The second-order valence-electron chi connectivity index (χ2n) is 3.94. The van der Waals surface area contributed by atoms with Crippen molar-refractivity contribution in [2.24, 2.45) is 0 Å². The van der Waals surface area contributed by atoms with E-state index in [0.717, 1.165) is 6.92 Å². The minimum absolute atomic E-state index is 0.418. The summed E-state index contributed by atoms with van der Waals surface area (Å²) in [6, 6.07) is 6.94. The third kappa shape index (κ3) is 5.17. The number of carbonyl (C=O) groups excluding carboxylic acids is 1. The maximum atomic E-state index is 12.2. The van der Waals surface area contributed by atoms with E-state index in [-0.39, 0.29) is 0 Å². The highest BCUT2D eigenvalue weighted by Crippen LogP contribution is 2.22. The zero-order chi connectivity index (χ0) is 14.5. The predicted octanol–water partition coefficient (Wildman–Crippen LogP) is 1.49. The molecule has 7 heteroatoms. The van der Waals surface area contributed by atoms with Gasteiger partial charge in [-0.3, -0.25) is 4.79 Å². The van der Waals surface area contributed by atoms with Crippen molar-refractivity contribution in [2.45, 2.75) is 25.2 Å². The highest BCUT2D eigenvalue weighted by atomic mass is 19.4. The number of nitrogens with one attached hydrogen (secondary N) is 1. The highest BCUT2D eigenvalue weighted by Gasteiger charge is 2.42. The lowest BCUT2D eigenvalue weighted by Crippen LogP contribution is -2.49. The molecule has 2 N–H and O–H groups in total. The van der Waals surface area contributed by atoms with E-state index < -0.39 is 30.8 Å². The van der Waals surface area contributed by atoms with Crippen LogP contribution in [0.2, 0.25) is 0 Å². The van der Waals surface area contributed by atoms with Crippen LogP contribution >= 0.6 is 0 Å². The Morgan fingerprint density at radius 1 is 1.37 bits per heavy atom. The number of hydrogen-bond donors (Lipinski definition) is 2. The van der Waals surface area contributed by atoms with Gasteiger partial charge in [0.25, 0.3) is 5.91 Å². The molecule has 4 nitrogen and oxygen atoms in total. The molecule has 0 fully saturated rings. The van der Waals surface area contributed by atoms with Gasteiger partial charge in [-0.2, -0.15) is 13.2 Å². The molecule has 0 aliphatic carbocycles. The Kier molecular flexibility index (Phi) is 5.17. The second-order valence-corrected chi connectivity index (χ2v) is 3.94. The van der Waals surface area contributed by atoms with E-state index in [1.54, 1.807) is 30.3 Å². The monoisotopic (exact) mass is 277 g/mol. The zero-order valence-corrected chi connectivity index (χ0v) is 10.1. The molecule has 0 aromatic heterocycles. The molecular formula is C12H14F3NO3. The summed E-state index contributed by atoms with van der Waals surface area (Å²) in [6.45, 7) is 0.650. The van der Waals surface area contributed by atoms with Gasteiger partial charge in [-0.25, -0.2) is 0 Å². The van der Waals surface area contributed by atoms with Crippen LogP contribution < -0.4 is 10.1 Å². The van der Waals surface area contributed by atoms with Gasteiger partial charge in [-0.05, 0) is 19.1 Å². The Bertz CT molecular complexity index is 408. The summed E-state index contributed by atoms with van der Waals surface area (Å²) in [5, 5.41) is 10.9. The van der Waals surface area contributed by atoms with Gasteiger partial charge in [0.1, 0.15) is 5.75 Å². The Labute approximate surface area is 108 Å². The van der Waals surface area contributed by atoms with Crippen molar-refractivity contribution < 1.29 is 27.8 Å². The van der Waals surface area contributed by atoms with Gasteiger partial charge in [-0.1, -0.05) is 18.2 Å². The molecule has 1 rings (SSSR count). The van der Waals surface area contributed by atoms with Crippen LogP contribution in [-0.4, -0.2) is 35.9 Å². The number of hydrogen-bond acceptors (Lipinski definition) is 3. The molecule has 0 aliphatic rings. The van der Waals surface area contributed by atoms with E-state index >= 15 is 0 Å². The van der Waals surface area contributed by atoms with Gasteiger partial charge in [0.05, 0.1) is 6.04 Å². The minimum atomic E-state index is -4.77. The van der Waals surface area contributed by atoms with Crippen molar-refractivity contribution in [2.75, 3.05) is 6.61 Å². The van der Waals surface area contributed by atoms with Crippen molar-refractivity contribution in [1.29, 1.82) is 0 Å². The topological polar surface area (TPSA) is 58.6 Å². The van der Waals surface area contributed by atoms with Gasteiger partial charge in [0.2, 0.25) is 0 Å². The van der Waals surface area contributed by atoms with Crippen molar-refractivity contribution >= 4 is 5.91 Å². The molecule has 0 bridgehead atoms. The third-order valence-corrected chi connectivity index (χ3v) is 2.31. The summed E-state index contributed by atoms with van der Waals surface area (Å²) in [4.78, 5) is 11.3. The molecule has 0 saturated heterocycles. The fourth-order valence-corrected chi connectivity index (χ4v) is 1.32. The number of amides is 1. The van der Waals surface area contributed by atoms with E-state index in [1.165, 1.54) is 0 Å². The molecule has 2 atom stereocenters. The number of benzene rings is 1. The number of carbonyl (C=O) groups is 1. The summed E-state index contributed by atoms with van der Waals surface area (Å²) in [7, 11) is 0. The largest absolute Gasteiger partial charge is 0.484 e. The fraction of sp³-hybridized carbons (Fsp3) is 0.417. The number of halogens is 3. The maximum absolute atomic E-state index is 12.2. The lowest BCUT2D eigenvalue weighted by atomic mass is 10.2. The summed E-state index contributed by atoms with van der Waals surface area (Å²) < 4.78 is 41.6. The smallest absolute Gasteiger partial charge is 0.416 e. The van der Waals surface area contributed by atoms with E-state index in [4.69, 9.17) is 9.84 Å². The van der Waals surface area contributed by atoms with Crippen LogP contribution in [0.25, 0.3) is 0 Å². The number of ether oxygens (including phenoxy) is 1. The Hall–Kier alpha value is -1.76. The molecule has 19 heavy (non-hydrogen) atoms. The second kappa shape index (κ2) is 6.42. The van der Waals surface area contributed by atoms with Crippen LogP contribution in [0.1, 0.15) is 6.92 Å². The summed E-state index contributed by atoms with van der Waals surface area (Å²) in [5.74, 6) is -0.304. The average molecular weight is 277 g/mol. The van der Waals surface area contributed by atoms with E-state index in [0.29, 0.717) is 5.75 Å². The van der Waals surface area contributed by atoms with Crippen molar-refractivity contribution in [3.05, 3.63) is 30.3 Å². The van der Waals surface area contributed by atoms with Crippen LogP contribution in [0.3, 0.4) is 0 Å². The van der Waals surface area contributed by atoms with E-state index in [1.807, 2.05) is 5.32 Å². The first-order chi connectivity index (χ1) is 8.80. The molecule has 0 radical (unpaired) electrons. The van der Waals surface area contributed by atoms with Crippen molar-refractivity contribution in [1.82, 2.24) is 5.32 Å². The summed E-state index contributed by atoms with van der Waals surface area (Å²) in [6.07, 6.45) is -7.37. The van der Waals surface area contributed by atoms with Gasteiger partial charge in [0, 0.05) is 0 Å². The maximum Gasteiger partial charge on any atom is 0.416 e. The Morgan fingerprint density at radius 3 is 2.47 bits per heavy atom. The van der Waals surface area contributed by atoms with Crippen molar-refractivity contribution in [3.8, 4) is 5.75 Å². The first-order valence-electron chi connectivity index (χ1n) is 5.52. The molecule has 0 aliphatic heterocycles. The Morgan fingerprint density at radius 2 is 1.95 bits per heavy atom. The van der Waals surface area contributed by atoms with Crippen LogP contribution in [-0.2, 0) is 4.79 Å². The van der Waals surface area contributed by atoms with Crippen LogP contribution in [0.4, 0.5) is 13.2 Å². The number of alkyl halides is 3. The number of aliphatic hydroxyl groups is 1. The van der Waals surface area contributed by atoms with E-state index in [2.05, 4.69) is 0 Å². The third-order valence-electron chi connectivity index (χ3n) is 2.31. The fourth-order valence-electron chi connectivity index (χ4n) is 1.32. The molecule has 106 valence electrons. The van der Waals surface area contributed by atoms with Crippen LogP contribution in [0, 0.1) is 0 Å². The van der Waals surface area contributed by atoms with Crippen molar-refractivity contribution in [3.63, 3.8) is 0 Å². The molecule has 1 amide bonds. The average Bonchev–Trinajstić information content (AvgIpc) is 2.35. The number of rotatable bonds is 5. The standard InChI is InChI=1S/C12H14F3NO3/c1-8(11(18)12(13,14)15)16-10(17)7-19-9-5-3-2-4-6-9/h2-6,8,11,18H,7H2,1H3,(H,16,17)/t8-,11+/m0/s1. The van der Waals surface area contributed by atoms with Crippen LogP contribution in [0.15, 0.2) is 30.3 Å². The SMILES string of the molecule is C[C@H](NC(=O)COc1ccccc1)[C@@H](O)C(F)(F)F. The van der Waals surface area contributed by atoms with Gasteiger partial charge < -0.3 is 15.2 Å². The summed E-state index contributed by atoms with van der Waals surface area (Å²) >= 11 is 0. The van der Waals surface area contributed by atoms with Gasteiger partial charge >= 0.3 is 6.18 Å². The first-order valence-corrected chi connectivity index (χ1v) is 5.52. The molecule has 0 saturated carbocycles. The molecule has 1 aromatic carbocycles. The lowest BCUT2D eigenvalue weighted by Gasteiger charge is -2.22. The molecular weight excluding hydrogens is 263 g/mol. The van der Waals surface area contributed by atoms with Gasteiger partial charge in [-0.15, -0.1) is 0 Å². The van der Waals surface area contributed by atoms with E-state index in [9.17, 15) is 18.0 Å². The molecule has 1 aromatic rings. The first kappa shape index (κ1) is 15.3. The normalized spacial score (nSPS) is 14.6. The molecule has 0 spiro atoms. The van der Waals surface area contributed by atoms with Crippen LogP contribution in [0.5, 0.6) is 5.75 Å². The Balaban J connectivity index is 2.39. The zero-order valence-electron chi connectivity index (χ0n) is 10.1. The number of para-hydroxylation sites is 1. The minimum Gasteiger partial charge on any atom is -0.484 e. The van der Waals surface area contributed by atoms with Gasteiger partial charge in [0.15, 0.2) is 12.7 Å². The molecule has 0 unspecified atom stereocenters. The predicted molar refractivity (Wildman–Crippen MR) is 61.6 cm³/mol. The quantitative estimate of drug-likeness (QED) is 0.857. The molecule has 0 heterocycles.